The molecule has 0 bridgehead atoms. The molecule has 0 aromatic carbocycles. The van der Waals surface area contributed by atoms with Gasteiger partial charge >= 0.3 is 6.61 Å². The van der Waals surface area contributed by atoms with E-state index in [4.69, 9.17) is 0 Å². The van der Waals surface area contributed by atoms with E-state index in [1.165, 1.54) is 12.3 Å². The van der Waals surface area contributed by atoms with E-state index in [0.29, 0.717) is 12.2 Å². The first-order valence-corrected chi connectivity index (χ1v) is 7.24. The molecular weight excluding hydrogens is 348 g/mol. The molecule has 138 valence electrons. The van der Waals surface area contributed by atoms with Crippen LogP contribution in [0.25, 0.3) is 0 Å². The molecular formula is C13H16F4N6O2. The summed E-state index contributed by atoms with van der Waals surface area (Å²) in [5.74, 6) is -2.11. The van der Waals surface area contributed by atoms with E-state index < -0.39 is 18.1 Å². The van der Waals surface area contributed by atoms with Gasteiger partial charge in [-0.15, -0.1) is 5.10 Å². The Labute approximate surface area is 139 Å². The SMILES string of the molecule is FC1(F)CCCNC1.O=c1cncc(Nc2cc(OC(F)F)n[nH]2)[nH]1. The number of ether oxygens (including phenoxy) is 1. The second kappa shape index (κ2) is 8.46. The molecule has 1 fully saturated rings. The van der Waals surface area contributed by atoms with Crippen molar-refractivity contribution in [3.05, 3.63) is 28.8 Å². The minimum atomic E-state index is -2.94. The fourth-order valence-corrected chi connectivity index (χ4v) is 1.94. The lowest BCUT2D eigenvalue weighted by Gasteiger charge is -2.21. The fraction of sp³-hybridized carbons (Fsp3) is 0.462. The third-order valence-electron chi connectivity index (χ3n) is 2.97. The van der Waals surface area contributed by atoms with Gasteiger partial charge in [-0.05, 0) is 13.0 Å². The molecule has 0 saturated carbocycles. The van der Waals surface area contributed by atoms with Crippen molar-refractivity contribution >= 4 is 11.6 Å². The molecule has 0 radical (unpaired) electrons. The van der Waals surface area contributed by atoms with Gasteiger partial charge in [0.15, 0.2) is 0 Å². The molecule has 0 unspecified atom stereocenters. The van der Waals surface area contributed by atoms with Crippen LogP contribution < -0.4 is 20.9 Å². The van der Waals surface area contributed by atoms with Crippen LogP contribution in [0.1, 0.15) is 12.8 Å². The van der Waals surface area contributed by atoms with Crippen molar-refractivity contribution in [3.63, 3.8) is 0 Å². The second-order valence-electron chi connectivity index (χ2n) is 5.07. The number of nitrogens with one attached hydrogen (secondary N) is 4. The molecule has 0 atom stereocenters. The van der Waals surface area contributed by atoms with Crippen LogP contribution >= 0.6 is 0 Å². The Balaban J connectivity index is 0.000000236. The Hall–Kier alpha value is -2.63. The number of rotatable bonds is 4. The van der Waals surface area contributed by atoms with E-state index >= 15 is 0 Å². The van der Waals surface area contributed by atoms with E-state index in [0.717, 1.165) is 12.7 Å². The van der Waals surface area contributed by atoms with Crippen LogP contribution in [0.3, 0.4) is 0 Å². The molecule has 1 saturated heterocycles. The van der Waals surface area contributed by atoms with E-state index in [-0.39, 0.29) is 24.7 Å². The summed E-state index contributed by atoms with van der Waals surface area (Å²) in [4.78, 5) is 17.0. The number of aromatic nitrogens is 4. The first-order chi connectivity index (χ1) is 11.8. The number of anilines is 2. The van der Waals surface area contributed by atoms with Crippen molar-refractivity contribution in [3.8, 4) is 5.88 Å². The molecule has 8 nitrogen and oxygen atoms in total. The molecule has 3 heterocycles. The van der Waals surface area contributed by atoms with Gasteiger partial charge in [-0.25, -0.2) is 8.78 Å². The summed E-state index contributed by atoms with van der Waals surface area (Å²) in [5, 5.41) is 11.2. The third kappa shape index (κ3) is 6.79. The van der Waals surface area contributed by atoms with Crippen molar-refractivity contribution in [2.75, 3.05) is 18.4 Å². The molecule has 1 aliphatic heterocycles. The molecule has 0 spiro atoms. The maximum Gasteiger partial charge on any atom is 0.388 e. The summed E-state index contributed by atoms with van der Waals surface area (Å²) in [6.45, 7) is -2.33. The predicted molar refractivity (Wildman–Crippen MR) is 80.4 cm³/mol. The first kappa shape index (κ1) is 18.7. The summed E-state index contributed by atoms with van der Waals surface area (Å²) in [6, 6.07) is 1.22. The van der Waals surface area contributed by atoms with Crippen LogP contribution in [0.4, 0.5) is 29.2 Å². The lowest BCUT2D eigenvalue weighted by molar-refractivity contribution is -0.0528. The van der Waals surface area contributed by atoms with E-state index in [1.807, 2.05) is 0 Å². The number of nitrogens with zero attached hydrogens (tertiary/aromatic N) is 2. The summed E-state index contributed by atoms with van der Waals surface area (Å²) in [5.41, 5.74) is -0.390. The van der Waals surface area contributed by atoms with E-state index in [2.05, 4.69) is 35.5 Å². The van der Waals surface area contributed by atoms with Gasteiger partial charge in [0.05, 0.1) is 18.9 Å². The predicted octanol–water partition coefficient (Wildman–Crippen LogP) is 1.84. The zero-order valence-electron chi connectivity index (χ0n) is 12.9. The number of aromatic amines is 2. The Morgan fingerprint density at radius 2 is 2.08 bits per heavy atom. The monoisotopic (exact) mass is 364 g/mol. The van der Waals surface area contributed by atoms with Gasteiger partial charge in [-0.1, -0.05) is 0 Å². The van der Waals surface area contributed by atoms with Crippen molar-refractivity contribution in [2.45, 2.75) is 25.4 Å². The molecule has 25 heavy (non-hydrogen) atoms. The molecule has 1 aliphatic rings. The van der Waals surface area contributed by atoms with Crippen LogP contribution in [-0.4, -0.2) is 45.8 Å². The van der Waals surface area contributed by atoms with Crippen molar-refractivity contribution in [2.24, 2.45) is 0 Å². The number of hydrogen-bond donors (Lipinski definition) is 4. The fourth-order valence-electron chi connectivity index (χ4n) is 1.94. The zero-order valence-corrected chi connectivity index (χ0v) is 12.9. The van der Waals surface area contributed by atoms with Gasteiger partial charge in [0, 0.05) is 12.5 Å². The topological polar surface area (TPSA) is 108 Å². The first-order valence-electron chi connectivity index (χ1n) is 7.24. The largest absolute Gasteiger partial charge is 0.415 e. The average molecular weight is 364 g/mol. The third-order valence-corrected chi connectivity index (χ3v) is 2.97. The Morgan fingerprint density at radius 3 is 2.64 bits per heavy atom. The van der Waals surface area contributed by atoms with Crippen LogP contribution in [0.15, 0.2) is 23.3 Å². The van der Waals surface area contributed by atoms with Crippen LogP contribution in [0.5, 0.6) is 5.88 Å². The quantitative estimate of drug-likeness (QED) is 0.617. The van der Waals surface area contributed by atoms with Crippen molar-refractivity contribution < 1.29 is 22.3 Å². The second-order valence-corrected chi connectivity index (χ2v) is 5.07. The minimum absolute atomic E-state index is 0.0556. The van der Waals surface area contributed by atoms with Gasteiger partial charge in [0.25, 0.3) is 11.5 Å². The van der Waals surface area contributed by atoms with Gasteiger partial charge < -0.3 is 20.4 Å². The Bertz CT molecular complexity index is 712. The zero-order chi connectivity index (χ0) is 18.3. The van der Waals surface area contributed by atoms with Gasteiger partial charge in [0.1, 0.15) is 11.6 Å². The van der Waals surface area contributed by atoms with Crippen LogP contribution in [0, 0.1) is 0 Å². The molecule has 3 rings (SSSR count). The Kier molecular flexibility index (Phi) is 6.33. The van der Waals surface area contributed by atoms with Gasteiger partial charge in [-0.3, -0.25) is 14.9 Å². The number of halogens is 4. The summed E-state index contributed by atoms with van der Waals surface area (Å²) < 4.78 is 52.0. The summed E-state index contributed by atoms with van der Waals surface area (Å²) in [6.07, 6.45) is 3.12. The lowest BCUT2D eigenvalue weighted by atomic mass is 10.1. The lowest BCUT2D eigenvalue weighted by Crippen LogP contribution is -2.38. The molecule has 0 aliphatic carbocycles. The van der Waals surface area contributed by atoms with Crippen LogP contribution in [-0.2, 0) is 0 Å². The highest BCUT2D eigenvalue weighted by Gasteiger charge is 2.30. The number of alkyl halides is 4. The maximum atomic E-state index is 12.1. The standard InChI is InChI=1S/C8H7F2N5O2.C5H9F2N/c9-8(10)17-7-1-4(14-15-7)12-5-2-11-3-6(16)13-5;6-5(7)2-1-3-8-4-5/h1-3,8H,(H3,12,13,14,15,16);8H,1-4H2. The Morgan fingerprint density at radius 1 is 1.28 bits per heavy atom. The molecule has 4 N–H and O–H groups in total. The average Bonchev–Trinajstić information content (AvgIpc) is 2.94. The highest BCUT2D eigenvalue weighted by atomic mass is 19.3. The molecule has 2 aromatic heterocycles. The smallest absolute Gasteiger partial charge is 0.388 e. The molecule has 2 aromatic rings. The summed E-state index contributed by atoms with van der Waals surface area (Å²) in [7, 11) is 0. The van der Waals surface area contributed by atoms with Crippen molar-refractivity contribution in [1.82, 2.24) is 25.5 Å². The van der Waals surface area contributed by atoms with Gasteiger partial charge in [-0.2, -0.15) is 8.78 Å². The van der Waals surface area contributed by atoms with Crippen LogP contribution in [0.2, 0.25) is 0 Å². The number of hydrogen-bond acceptors (Lipinski definition) is 6. The highest BCUT2D eigenvalue weighted by Crippen LogP contribution is 2.21. The molecule has 12 heteroatoms. The normalized spacial score (nSPS) is 16.0. The minimum Gasteiger partial charge on any atom is -0.415 e. The number of piperidine rings is 1. The highest BCUT2D eigenvalue weighted by molar-refractivity contribution is 5.51. The van der Waals surface area contributed by atoms with Gasteiger partial charge in [0.2, 0.25) is 5.88 Å². The maximum absolute atomic E-state index is 12.1. The van der Waals surface area contributed by atoms with E-state index in [1.54, 1.807) is 0 Å². The van der Waals surface area contributed by atoms with Crippen molar-refractivity contribution in [1.29, 1.82) is 0 Å². The van der Waals surface area contributed by atoms with E-state index in [9.17, 15) is 22.4 Å². The number of H-pyrrole nitrogens is 2. The molecule has 0 amide bonds. The summed E-state index contributed by atoms with van der Waals surface area (Å²) >= 11 is 0.